The number of benzene rings is 1. The molecule has 0 spiro atoms. The van der Waals surface area contributed by atoms with Crippen molar-refractivity contribution in [3.05, 3.63) is 41.7 Å². The first-order valence-corrected chi connectivity index (χ1v) is 26.1. The summed E-state index contributed by atoms with van der Waals surface area (Å²) in [5, 5.41) is 80.5. The van der Waals surface area contributed by atoms with E-state index in [9.17, 15) is 35.4 Å². The number of likely N-dealkylation sites (N-methyl/N-ethyl adjacent to an activating group) is 1. The van der Waals surface area contributed by atoms with Crippen LogP contribution in [0, 0.1) is 17.8 Å². The number of thioether (sulfide) groups is 1. The number of rotatable bonds is 15. The Hall–Kier alpha value is -2.34. The van der Waals surface area contributed by atoms with Crippen LogP contribution in [0.4, 0.5) is 0 Å². The summed E-state index contributed by atoms with van der Waals surface area (Å²) < 4.78 is 40.0. The van der Waals surface area contributed by atoms with Gasteiger partial charge < -0.3 is 69.3 Å². The molecule has 1 aromatic heterocycles. The topological polar surface area (TPSA) is 240 Å². The summed E-state index contributed by atoms with van der Waals surface area (Å²) in [5.41, 5.74) is -3.00. The Morgan fingerprint density at radius 2 is 1.67 bits per heavy atom. The minimum atomic E-state index is -1.82. The van der Waals surface area contributed by atoms with E-state index in [2.05, 4.69) is 20.5 Å². The van der Waals surface area contributed by atoms with Crippen LogP contribution in [0.25, 0.3) is 0 Å². The Kier molecular flexibility index (Phi) is 20.5. The van der Waals surface area contributed by atoms with Crippen molar-refractivity contribution in [1.29, 1.82) is 0 Å². The average molecular weight is 996 g/mol. The summed E-state index contributed by atoms with van der Waals surface area (Å²) in [6, 6.07) is 6.25. The standard InChI is InChI=1S/C50H85N5O13S/c1-14-39-50(10,62)44(58)32(6)51-25-28(2)23-48(8,61)46(30(4)43(31(5)47(60)66-39)67-41-24-49(9,63-12)45(59)33(7)65-41)68-40-22-36(21-29(3)64-40)54(11)20-19-35-26-55(53-52-35)38(27-56)42(57)34-15-17-37(69-13)18-16-34/h15-18,26,28-33,36,38-46,51,56-59,61-62H,14,19-25,27H2,1-13H3/t28-,29-,30+,31-,32-,33+,36+,38+,39-,40+,41+,42+,43+,44-,45+,46-,48-,49-,50-/m1/s1. The zero-order chi connectivity index (χ0) is 51.2. The minimum Gasteiger partial charge on any atom is -0.459 e. The van der Waals surface area contributed by atoms with E-state index in [0.29, 0.717) is 43.6 Å². The molecule has 19 atom stereocenters. The van der Waals surface area contributed by atoms with Crippen LogP contribution < -0.4 is 5.32 Å². The highest BCUT2D eigenvalue weighted by Crippen LogP contribution is 2.40. The summed E-state index contributed by atoms with van der Waals surface area (Å²) in [7, 11) is 3.55. The average Bonchev–Trinajstić information content (AvgIpc) is 3.78. The first-order valence-electron chi connectivity index (χ1n) is 24.8. The molecule has 3 saturated heterocycles. The van der Waals surface area contributed by atoms with Crippen LogP contribution in [0.3, 0.4) is 0 Å². The molecule has 7 N–H and O–H groups in total. The summed E-state index contributed by atoms with van der Waals surface area (Å²) in [4.78, 5) is 17.7. The van der Waals surface area contributed by atoms with E-state index in [1.54, 1.807) is 59.5 Å². The van der Waals surface area contributed by atoms with Gasteiger partial charge in [0.25, 0.3) is 0 Å². The van der Waals surface area contributed by atoms with Gasteiger partial charge in [-0.05, 0) is 111 Å². The first kappa shape index (κ1) is 57.6. The van der Waals surface area contributed by atoms with Gasteiger partial charge in [0.05, 0.1) is 53.8 Å². The number of carbonyl (C=O) groups excluding carboxylic acids is 1. The van der Waals surface area contributed by atoms with Gasteiger partial charge >= 0.3 is 5.97 Å². The zero-order valence-electron chi connectivity index (χ0n) is 43.2. The first-order chi connectivity index (χ1) is 32.4. The highest BCUT2D eigenvalue weighted by atomic mass is 32.2. The molecule has 394 valence electrons. The van der Waals surface area contributed by atoms with E-state index in [-0.39, 0.29) is 43.9 Å². The number of cyclic esters (lactones) is 1. The molecule has 18 nitrogen and oxygen atoms in total. The number of carbonyl (C=O) groups is 1. The Bertz CT molecular complexity index is 1890. The third-order valence-electron chi connectivity index (χ3n) is 15.2. The van der Waals surface area contributed by atoms with Crippen LogP contribution >= 0.6 is 11.8 Å². The van der Waals surface area contributed by atoms with Gasteiger partial charge in [-0.3, -0.25) is 4.79 Å². The molecule has 0 unspecified atom stereocenters. The lowest BCUT2D eigenvalue weighted by Crippen LogP contribution is -2.59. The molecule has 5 rings (SSSR count). The van der Waals surface area contributed by atoms with E-state index in [1.165, 1.54) is 18.7 Å². The molecule has 19 heteroatoms. The molecule has 0 radical (unpaired) electrons. The van der Waals surface area contributed by atoms with Crippen molar-refractivity contribution >= 4 is 17.7 Å². The third kappa shape index (κ3) is 14.0. The van der Waals surface area contributed by atoms with Gasteiger partial charge in [0.1, 0.15) is 36.1 Å². The number of ether oxygens (including phenoxy) is 6. The molecule has 0 bridgehead atoms. The second kappa shape index (κ2) is 24.6. The summed E-state index contributed by atoms with van der Waals surface area (Å²) in [5.74, 6) is -2.56. The molecule has 3 fully saturated rings. The number of aromatic nitrogens is 3. The van der Waals surface area contributed by atoms with E-state index in [1.807, 2.05) is 58.3 Å². The molecule has 0 saturated carbocycles. The number of nitrogens with one attached hydrogen (secondary N) is 1. The van der Waals surface area contributed by atoms with Crippen LogP contribution in [0.15, 0.2) is 35.4 Å². The van der Waals surface area contributed by atoms with Gasteiger partial charge in [-0.1, -0.05) is 38.1 Å². The molecule has 69 heavy (non-hydrogen) atoms. The zero-order valence-corrected chi connectivity index (χ0v) is 44.0. The van der Waals surface area contributed by atoms with Crippen molar-refractivity contribution in [2.45, 2.75) is 209 Å². The molecular weight excluding hydrogens is 911 g/mol. The lowest BCUT2D eigenvalue weighted by Gasteiger charge is -2.48. The monoisotopic (exact) mass is 996 g/mol. The number of nitrogens with zero attached hydrogens (tertiary/aromatic N) is 4. The summed E-state index contributed by atoms with van der Waals surface area (Å²) in [6.07, 6.45) is -2.88. The van der Waals surface area contributed by atoms with Gasteiger partial charge in [0.15, 0.2) is 12.6 Å². The van der Waals surface area contributed by atoms with Gasteiger partial charge in [-0.2, -0.15) is 0 Å². The second-order valence-corrected chi connectivity index (χ2v) is 21.9. The molecule has 1 aromatic carbocycles. The number of methoxy groups -OCH3 is 1. The second-order valence-electron chi connectivity index (χ2n) is 21.0. The molecule has 0 amide bonds. The van der Waals surface area contributed by atoms with Crippen molar-refractivity contribution in [2.24, 2.45) is 17.8 Å². The summed E-state index contributed by atoms with van der Waals surface area (Å²) >= 11 is 1.61. The Balaban J connectivity index is 1.40. The van der Waals surface area contributed by atoms with Crippen LogP contribution in [0.1, 0.15) is 125 Å². The molecular formula is C50H85N5O13S. The van der Waals surface area contributed by atoms with Gasteiger partial charge in [0, 0.05) is 62.0 Å². The molecule has 3 aliphatic rings. The fourth-order valence-corrected chi connectivity index (χ4v) is 11.1. The van der Waals surface area contributed by atoms with Gasteiger partial charge in [0.2, 0.25) is 0 Å². The molecule has 2 aromatic rings. The van der Waals surface area contributed by atoms with E-state index >= 15 is 0 Å². The smallest absolute Gasteiger partial charge is 0.311 e. The molecule has 4 heterocycles. The predicted octanol–water partition coefficient (Wildman–Crippen LogP) is 3.78. The molecule has 3 aliphatic heterocycles. The number of esters is 1. The number of aliphatic hydroxyl groups is 6. The Morgan fingerprint density at radius 1 is 0.986 bits per heavy atom. The Morgan fingerprint density at radius 3 is 2.29 bits per heavy atom. The maximum atomic E-state index is 14.4. The van der Waals surface area contributed by atoms with Crippen LogP contribution in [-0.2, 0) is 39.6 Å². The van der Waals surface area contributed by atoms with Crippen molar-refractivity contribution in [1.82, 2.24) is 25.2 Å². The highest BCUT2D eigenvalue weighted by Gasteiger charge is 2.52. The van der Waals surface area contributed by atoms with Crippen molar-refractivity contribution < 1.29 is 63.9 Å². The van der Waals surface area contributed by atoms with E-state index in [4.69, 9.17) is 28.4 Å². The normalized spacial score (nSPS) is 39.9. The van der Waals surface area contributed by atoms with Gasteiger partial charge in [-0.25, -0.2) is 4.68 Å². The number of hydrogen-bond donors (Lipinski definition) is 7. The van der Waals surface area contributed by atoms with Crippen LogP contribution in [0.5, 0.6) is 0 Å². The largest absolute Gasteiger partial charge is 0.459 e. The maximum absolute atomic E-state index is 14.4. The lowest BCUT2D eigenvalue weighted by atomic mass is 9.77. The van der Waals surface area contributed by atoms with Crippen LogP contribution in [0.2, 0.25) is 0 Å². The Labute approximate surface area is 414 Å². The third-order valence-corrected chi connectivity index (χ3v) is 15.9. The SMILES string of the molecule is CC[C@H]1OC(=O)[C@H](C)[C@@H](O[C@H]2C[C@@](C)(OC)[C@@H](O)[C@H](C)O2)[C@H](C)[C@@H](O[C@H]2C[C@@H](N(C)CCc3cn([C@@H](CO)[C@@H](O)c4ccc(SC)cc4)nn3)C[C@@H](C)O2)[C@](C)(O)C[C@@H](C)CN[C@H](C)[C@@H](O)[C@]1(C)O. The van der Waals surface area contributed by atoms with Gasteiger partial charge in [-0.15, -0.1) is 16.9 Å². The van der Waals surface area contributed by atoms with Crippen molar-refractivity contribution in [3.63, 3.8) is 0 Å². The van der Waals surface area contributed by atoms with Crippen molar-refractivity contribution in [2.75, 3.05) is 40.1 Å². The van der Waals surface area contributed by atoms with E-state index < -0.39 is 102 Å². The number of aliphatic hydroxyl groups excluding tert-OH is 4. The quantitative estimate of drug-likeness (QED) is 0.0993. The maximum Gasteiger partial charge on any atom is 0.311 e. The predicted molar refractivity (Wildman–Crippen MR) is 260 cm³/mol. The van der Waals surface area contributed by atoms with Crippen LogP contribution in [-0.4, -0.2) is 181 Å². The van der Waals surface area contributed by atoms with E-state index in [0.717, 1.165) is 4.90 Å². The highest BCUT2D eigenvalue weighted by molar-refractivity contribution is 7.98. The van der Waals surface area contributed by atoms with Crippen molar-refractivity contribution in [3.8, 4) is 0 Å². The minimum absolute atomic E-state index is 0.00129. The number of hydrogen-bond acceptors (Lipinski definition) is 18. The molecule has 0 aliphatic carbocycles. The summed E-state index contributed by atoms with van der Waals surface area (Å²) in [6.45, 7) is 18.4. The fraction of sp³-hybridized carbons (Fsp3) is 0.820. The fourth-order valence-electron chi connectivity index (χ4n) is 10.7. The lowest BCUT2D eigenvalue weighted by molar-refractivity contribution is -0.308.